The monoisotopic (exact) mass is 1130 g/mol. The van der Waals surface area contributed by atoms with Crippen LogP contribution in [0.5, 0.6) is 0 Å². The first-order valence-electron chi connectivity index (χ1n) is 31.4. The van der Waals surface area contributed by atoms with Crippen molar-refractivity contribution in [3.8, 4) is 66.8 Å². The molecule has 0 heterocycles. The number of fused-ring (bicyclic) bond motifs is 18. The van der Waals surface area contributed by atoms with Gasteiger partial charge in [0, 0.05) is 0 Å². The standard InChI is InChI=1S/C90H54/c1-7-31-61-55(25-1)49-79(73-43-19-13-37-67(61)73)85-86(80-50-56-26-2-8-32-62(56)68-38-14-20-44-74(68)80)88(82-52-58-28-4-10-34-64(58)70-40-16-22-46-76(70)82)90(84-54-60-30-6-12-36-66(60)72-42-18-24-48-78(72)84)89(83-53-59-29-5-11-35-65(59)71-41-17-23-47-77(71)83)87(85)81-51-57-27-3-9-33-63(57)69-39-15-21-45-75(69)81/h1-54H. The molecule has 0 nitrogen and oxygen atoms in total. The zero-order chi connectivity index (χ0) is 59.0. The maximum atomic E-state index is 2.54. The van der Waals surface area contributed by atoms with E-state index in [1.54, 1.807) is 0 Å². The Morgan fingerprint density at radius 2 is 0.211 bits per heavy atom. The molecule has 0 bridgehead atoms. The molecule has 0 unspecified atom stereocenters. The quantitative estimate of drug-likeness (QED) is 0.146. The Morgan fingerprint density at radius 1 is 0.100 bits per heavy atom. The lowest BCUT2D eigenvalue weighted by atomic mass is 9.70. The first kappa shape index (κ1) is 50.5. The molecule has 0 aromatic heterocycles. The van der Waals surface area contributed by atoms with E-state index in [4.69, 9.17) is 0 Å². The summed E-state index contributed by atoms with van der Waals surface area (Å²) in [5.74, 6) is 0. The normalized spacial score (nSPS) is 12.0. The molecule has 0 aliphatic heterocycles. The minimum atomic E-state index is 1.18. The lowest BCUT2D eigenvalue weighted by Crippen LogP contribution is -2.05. The van der Waals surface area contributed by atoms with E-state index in [0.29, 0.717) is 0 Å². The van der Waals surface area contributed by atoms with E-state index in [1.165, 1.54) is 196 Å². The number of hydrogen-bond donors (Lipinski definition) is 0. The van der Waals surface area contributed by atoms with Gasteiger partial charge in [0.15, 0.2) is 0 Å². The van der Waals surface area contributed by atoms with Gasteiger partial charge in [-0.2, -0.15) is 0 Å². The van der Waals surface area contributed by atoms with E-state index in [1.807, 2.05) is 0 Å². The fourth-order valence-electron chi connectivity index (χ4n) is 15.9. The minimum absolute atomic E-state index is 1.18. The summed E-state index contributed by atoms with van der Waals surface area (Å²) in [5, 5.41) is 29.0. The molecule has 0 N–H and O–H groups in total. The van der Waals surface area contributed by atoms with E-state index in [9.17, 15) is 0 Å². The van der Waals surface area contributed by atoms with E-state index in [-0.39, 0.29) is 0 Å². The number of rotatable bonds is 6. The van der Waals surface area contributed by atoms with E-state index < -0.39 is 0 Å². The zero-order valence-electron chi connectivity index (χ0n) is 49.2. The first-order valence-corrected chi connectivity index (χ1v) is 31.4. The Labute approximate surface area is 520 Å². The van der Waals surface area contributed by atoms with Gasteiger partial charge in [0.2, 0.25) is 0 Å². The van der Waals surface area contributed by atoms with Crippen molar-refractivity contribution >= 4 is 129 Å². The molecule has 0 fully saturated rings. The van der Waals surface area contributed by atoms with Crippen LogP contribution in [0.25, 0.3) is 196 Å². The largest absolute Gasteiger partial charge is 0.0616 e. The van der Waals surface area contributed by atoms with E-state index in [0.717, 1.165) is 0 Å². The summed E-state index contributed by atoms with van der Waals surface area (Å²) in [6.07, 6.45) is 0. The Bertz CT molecular complexity index is 5270. The molecular weight excluding hydrogens is 1080 g/mol. The third-order valence-corrected chi connectivity index (χ3v) is 19.7. The second kappa shape index (κ2) is 19.9. The second-order valence-corrected chi connectivity index (χ2v) is 24.4. The topological polar surface area (TPSA) is 0 Å². The molecule has 90 heavy (non-hydrogen) atoms. The maximum Gasteiger partial charge on any atom is -0.000696 e. The van der Waals surface area contributed by atoms with Gasteiger partial charge in [-0.25, -0.2) is 0 Å². The number of benzene rings is 19. The van der Waals surface area contributed by atoms with Crippen molar-refractivity contribution in [3.05, 3.63) is 328 Å². The molecule has 0 spiro atoms. The van der Waals surface area contributed by atoms with Crippen molar-refractivity contribution < 1.29 is 0 Å². The van der Waals surface area contributed by atoms with Crippen molar-refractivity contribution in [2.24, 2.45) is 0 Å². The summed E-state index contributed by atoms with van der Waals surface area (Å²) in [7, 11) is 0. The molecule has 19 aromatic carbocycles. The van der Waals surface area contributed by atoms with Gasteiger partial charge in [-0.1, -0.05) is 291 Å². The fraction of sp³-hybridized carbons (Fsp3) is 0. The maximum absolute atomic E-state index is 2.54. The highest BCUT2D eigenvalue weighted by Gasteiger charge is 2.34. The molecule has 0 amide bonds. The third kappa shape index (κ3) is 7.49. The van der Waals surface area contributed by atoms with E-state index in [2.05, 4.69) is 328 Å². The van der Waals surface area contributed by atoms with Gasteiger partial charge in [0.1, 0.15) is 0 Å². The van der Waals surface area contributed by atoms with Crippen molar-refractivity contribution in [1.82, 2.24) is 0 Å². The van der Waals surface area contributed by atoms with Crippen LogP contribution >= 0.6 is 0 Å². The molecule has 0 atom stereocenters. The molecule has 414 valence electrons. The minimum Gasteiger partial charge on any atom is -0.0616 e. The highest BCUT2D eigenvalue weighted by molar-refractivity contribution is 6.32. The van der Waals surface area contributed by atoms with Crippen molar-refractivity contribution in [2.45, 2.75) is 0 Å². The van der Waals surface area contributed by atoms with Gasteiger partial charge < -0.3 is 0 Å². The van der Waals surface area contributed by atoms with Crippen molar-refractivity contribution in [2.75, 3.05) is 0 Å². The summed E-state index contributed by atoms with van der Waals surface area (Å²) in [6.45, 7) is 0. The molecule has 0 aliphatic carbocycles. The van der Waals surface area contributed by atoms with Crippen LogP contribution in [0, 0.1) is 0 Å². The Kier molecular flexibility index (Phi) is 11.2. The average molecular weight is 1140 g/mol. The zero-order valence-corrected chi connectivity index (χ0v) is 49.2. The van der Waals surface area contributed by atoms with Gasteiger partial charge in [-0.05, 0) is 232 Å². The summed E-state index contributed by atoms with van der Waals surface area (Å²) < 4.78 is 0. The molecule has 0 aliphatic rings. The highest BCUT2D eigenvalue weighted by atomic mass is 14.4. The van der Waals surface area contributed by atoms with E-state index >= 15 is 0 Å². The Balaban J connectivity index is 1.22. The van der Waals surface area contributed by atoms with Gasteiger partial charge >= 0.3 is 0 Å². The number of hydrogen-bond acceptors (Lipinski definition) is 0. The van der Waals surface area contributed by atoms with Crippen LogP contribution in [0.1, 0.15) is 0 Å². The van der Waals surface area contributed by atoms with Crippen LogP contribution in [-0.2, 0) is 0 Å². The van der Waals surface area contributed by atoms with Crippen LogP contribution in [0.15, 0.2) is 328 Å². The van der Waals surface area contributed by atoms with Gasteiger partial charge in [0.25, 0.3) is 0 Å². The van der Waals surface area contributed by atoms with Crippen LogP contribution < -0.4 is 0 Å². The van der Waals surface area contributed by atoms with Crippen molar-refractivity contribution in [3.63, 3.8) is 0 Å². The molecular formula is C90H54. The van der Waals surface area contributed by atoms with Gasteiger partial charge in [0.05, 0.1) is 0 Å². The average Bonchev–Trinajstić information content (AvgIpc) is 0.702. The predicted molar refractivity (Wildman–Crippen MR) is 389 cm³/mol. The summed E-state index contributed by atoms with van der Waals surface area (Å²) in [4.78, 5) is 0. The molecule has 19 aromatic rings. The molecule has 0 saturated heterocycles. The summed E-state index contributed by atoms with van der Waals surface area (Å²) in [5.41, 5.74) is 14.2. The fourth-order valence-corrected chi connectivity index (χ4v) is 15.9. The second-order valence-electron chi connectivity index (χ2n) is 24.4. The smallest absolute Gasteiger partial charge is 0.000696 e. The van der Waals surface area contributed by atoms with Crippen LogP contribution in [0.2, 0.25) is 0 Å². The lowest BCUT2D eigenvalue weighted by molar-refractivity contribution is 1.58. The van der Waals surface area contributed by atoms with Gasteiger partial charge in [-0.3, -0.25) is 0 Å². The molecule has 0 heteroatoms. The highest BCUT2D eigenvalue weighted by Crippen LogP contribution is 2.62. The molecule has 0 radical (unpaired) electrons. The first-order chi connectivity index (χ1) is 44.7. The third-order valence-electron chi connectivity index (χ3n) is 19.7. The molecule has 0 saturated carbocycles. The summed E-state index contributed by atoms with van der Waals surface area (Å²) in [6, 6.07) is 125. The van der Waals surface area contributed by atoms with Crippen molar-refractivity contribution in [1.29, 1.82) is 0 Å². The molecule has 19 rings (SSSR count). The Morgan fingerprint density at radius 3 is 0.356 bits per heavy atom. The van der Waals surface area contributed by atoms with Crippen LogP contribution in [0.3, 0.4) is 0 Å². The SMILES string of the molecule is c1ccc2c(c1)cc(-c1c(-c3cc4ccccc4c4ccccc34)c(-c3cc4ccccc4c4ccccc34)c(-c3cc4ccccc4c4ccccc34)c(-c3cc4ccccc4c4ccccc34)c1-c1cc3ccccc3c3ccccc13)c1ccccc12. The lowest BCUT2D eigenvalue weighted by Gasteiger charge is -2.32. The van der Waals surface area contributed by atoms with Gasteiger partial charge in [-0.15, -0.1) is 0 Å². The predicted octanol–water partition coefficient (Wildman–Crippen LogP) is 25.5. The Hall–Kier alpha value is -11.7. The van der Waals surface area contributed by atoms with Crippen LogP contribution in [0.4, 0.5) is 0 Å². The van der Waals surface area contributed by atoms with Crippen LogP contribution in [-0.4, -0.2) is 0 Å². The summed E-state index contributed by atoms with van der Waals surface area (Å²) >= 11 is 0.